The van der Waals surface area contributed by atoms with Gasteiger partial charge in [-0.25, -0.2) is 0 Å². The highest BCUT2D eigenvalue weighted by Gasteiger charge is 2.16. The number of nitrogens with zero attached hydrogens (tertiary/aromatic N) is 2. The van der Waals surface area contributed by atoms with Crippen molar-refractivity contribution in [2.24, 2.45) is 7.05 Å². The molecule has 3 aromatic rings. The Morgan fingerprint density at radius 3 is 2.59 bits per heavy atom. The standard InChI is InChI=1S/C17H16N2O3/c1-19-15(10-20)13-6-4-5-12(17(13)18-19)14-9-11(21-2)7-8-16(14)22-3/h4-10H,1-3H3. The van der Waals surface area contributed by atoms with Crippen molar-refractivity contribution in [3.05, 3.63) is 42.1 Å². The first kappa shape index (κ1) is 14.1. The first-order valence-corrected chi connectivity index (χ1v) is 6.83. The predicted molar refractivity (Wildman–Crippen MR) is 84.6 cm³/mol. The average Bonchev–Trinajstić information content (AvgIpc) is 2.89. The van der Waals surface area contributed by atoms with Gasteiger partial charge in [-0.3, -0.25) is 9.48 Å². The molecule has 0 atom stereocenters. The number of fused-ring (bicyclic) bond motifs is 1. The van der Waals surface area contributed by atoms with E-state index in [-0.39, 0.29) is 0 Å². The van der Waals surface area contributed by atoms with Gasteiger partial charge in [-0.1, -0.05) is 18.2 Å². The molecular formula is C17H16N2O3. The maximum absolute atomic E-state index is 11.3. The van der Waals surface area contributed by atoms with Gasteiger partial charge in [-0.15, -0.1) is 0 Å². The molecule has 0 aliphatic rings. The second kappa shape index (κ2) is 5.52. The minimum absolute atomic E-state index is 0.554. The predicted octanol–water partition coefficient (Wildman–Crippen LogP) is 3.07. The van der Waals surface area contributed by atoms with E-state index < -0.39 is 0 Å². The number of aryl methyl sites for hydroxylation is 1. The van der Waals surface area contributed by atoms with E-state index in [9.17, 15) is 4.79 Å². The second-order valence-electron chi connectivity index (χ2n) is 4.89. The maximum Gasteiger partial charge on any atom is 0.168 e. The van der Waals surface area contributed by atoms with Gasteiger partial charge in [0.15, 0.2) is 6.29 Å². The highest BCUT2D eigenvalue weighted by Crippen LogP contribution is 2.37. The molecule has 0 saturated heterocycles. The lowest BCUT2D eigenvalue weighted by molar-refractivity contribution is 0.111. The molecule has 5 nitrogen and oxygen atoms in total. The number of methoxy groups -OCH3 is 2. The van der Waals surface area contributed by atoms with Gasteiger partial charge in [0.05, 0.1) is 14.2 Å². The van der Waals surface area contributed by atoms with Crippen molar-refractivity contribution in [3.63, 3.8) is 0 Å². The molecular weight excluding hydrogens is 280 g/mol. The largest absolute Gasteiger partial charge is 0.497 e. The topological polar surface area (TPSA) is 53.4 Å². The molecule has 1 aromatic heterocycles. The summed E-state index contributed by atoms with van der Waals surface area (Å²) in [5, 5.41) is 5.30. The fourth-order valence-corrected chi connectivity index (χ4v) is 2.62. The number of aromatic nitrogens is 2. The summed E-state index contributed by atoms with van der Waals surface area (Å²) in [6, 6.07) is 11.4. The number of hydrogen-bond donors (Lipinski definition) is 0. The highest BCUT2D eigenvalue weighted by atomic mass is 16.5. The minimum atomic E-state index is 0.554. The molecule has 0 aliphatic heterocycles. The van der Waals surface area contributed by atoms with E-state index in [0.717, 1.165) is 39.8 Å². The maximum atomic E-state index is 11.3. The Morgan fingerprint density at radius 1 is 1.09 bits per heavy atom. The van der Waals surface area contributed by atoms with Crippen molar-refractivity contribution < 1.29 is 14.3 Å². The van der Waals surface area contributed by atoms with Crippen LogP contribution in [0.1, 0.15) is 10.5 Å². The van der Waals surface area contributed by atoms with Crippen LogP contribution in [0.2, 0.25) is 0 Å². The van der Waals surface area contributed by atoms with E-state index in [1.807, 2.05) is 36.4 Å². The molecule has 22 heavy (non-hydrogen) atoms. The monoisotopic (exact) mass is 296 g/mol. The first-order chi connectivity index (χ1) is 10.7. The molecule has 3 rings (SSSR count). The Hall–Kier alpha value is -2.82. The molecule has 0 fully saturated rings. The van der Waals surface area contributed by atoms with Gasteiger partial charge in [0.2, 0.25) is 0 Å². The van der Waals surface area contributed by atoms with Crippen LogP contribution in [0.4, 0.5) is 0 Å². The third-order valence-corrected chi connectivity index (χ3v) is 3.72. The number of hydrogen-bond acceptors (Lipinski definition) is 4. The zero-order chi connectivity index (χ0) is 15.7. The summed E-state index contributed by atoms with van der Waals surface area (Å²) in [5.41, 5.74) is 3.09. The first-order valence-electron chi connectivity index (χ1n) is 6.83. The van der Waals surface area contributed by atoms with Crippen LogP contribution in [0.3, 0.4) is 0 Å². The Bertz CT molecular complexity index is 852. The summed E-state index contributed by atoms with van der Waals surface area (Å²) in [6.45, 7) is 0. The van der Waals surface area contributed by atoms with Crippen molar-refractivity contribution in [2.45, 2.75) is 0 Å². The molecule has 0 aliphatic carbocycles. The average molecular weight is 296 g/mol. The molecule has 5 heteroatoms. The van der Waals surface area contributed by atoms with E-state index in [4.69, 9.17) is 9.47 Å². The quantitative estimate of drug-likeness (QED) is 0.694. The van der Waals surface area contributed by atoms with E-state index in [2.05, 4.69) is 5.10 Å². The van der Waals surface area contributed by atoms with Gasteiger partial charge in [0.25, 0.3) is 0 Å². The van der Waals surface area contributed by atoms with Gasteiger partial charge in [-0.2, -0.15) is 5.10 Å². The molecule has 0 bridgehead atoms. The van der Waals surface area contributed by atoms with Crippen molar-refractivity contribution in [1.82, 2.24) is 9.78 Å². The molecule has 0 N–H and O–H groups in total. The Morgan fingerprint density at radius 2 is 1.91 bits per heavy atom. The van der Waals surface area contributed by atoms with Gasteiger partial charge in [-0.05, 0) is 18.2 Å². The normalized spacial score (nSPS) is 10.7. The molecule has 0 saturated carbocycles. The highest BCUT2D eigenvalue weighted by molar-refractivity contribution is 6.02. The third kappa shape index (κ3) is 2.11. The van der Waals surface area contributed by atoms with Gasteiger partial charge >= 0.3 is 0 Å². The number of carbonyl (C=O) groups is 1. The molecule has 0 spiro atoms. The number of carbonyl (C=O) groups excluding carboxylic acids is 1. The van der Waals surface area contributed by atoms with Gasteiger partial charge in [0, 0.05) is 23.6 Å². The van der Waals surface area contributed by atoms with E-state index in [0.29, 0.717) is 5.69 Å². The number of aldehydes is 1. The lowest BCUT2D eigenvalue weighted by atomic mass is 10.0. The van der Waals surface area contributed by atoms with Crippen LogP contribution in [-0.4, -0.2) is 30.3 Å². The van der Waals surface area contributed by atoms with E-state index >= 15 is 0 Å². The molecule has 0 radical (unpaired) electrons. The summed E-state index contributed by atoms with van der Waals surface area (Å²) >= 11 is 0. The van der Waals surface area contributed by atoms with Crippen LogP contribution in [0.15, 0.2) is 36.4 Å². The number of benzene rings is 2. The van der Waals surface area contributed by atoms with Crippen molar-refractivity contribution in [2.75, 3.05) is 14.2 Å². The second-order valence-corrected chi connectivity index (χ2v) is 4.89. The SMILES string of the molecule is COc1ccc(OC)c(-c2cccc3c(C=O)n(C)nc23)c1. The van der Waals surface area contributed by atoms with Crippen LogP contribution in [0.5, 0.6) is 11.5 Å². The zero-order valence-corrected chi connectivity index (χ0v) is 12.7. The third-order valence-electron chi connectivity index (χ3n) is 3.72. The molecule has 1 heterocycles. The molecule has 0 amide bonds. The number of ether oxygens (including phenoxy) is 2. The van der Waals surface area contributed by atoms with Crippen LogP contribution >= 0.6 is 0 Å². The van der Waals surface area contributed by atoms with Crippen LogP contribution in [0, 0.1) is 0 Å². The summed E-state index contributed by atoms with van der Waals surface area (Å²) < 4.78 is 12.3. The summed E-state index contributed by atoms with van der Waals surface area (Å²) in [5.74, 6) is 1.46. The molecule has 0 unspecified atom stereocenters. The van der Waals surface area contributed by atoms with Gasteiger partial charge < -0.3 is 9.47 Å². The van der Waals surface area contributed by atoms with Crippen LogP contribution in [-0.2, 0) is 7.05 Å². The van der Waals surface area contributed by atoms with Crippen molar-refractivity contribution >= 4 is 17.2 Å². The van der Waals surface area contributed by atoms with Crippen LogP contribution in [0.25, 0.3) is 22.0 Å². The molecule has 2 aromatic carbocycles. The summed E-state index contributed by atoms with van der Waals surface area (Å²) in [7, 11) is 5.01. The molecule has 112 valence electrons. The summed E-state index contributed by atoms with van der Waals surface area (Å²) in [4.78, 5) is 11.3. The van der Waals surface area contributed by atoms with Gasteiger partial charge in [0.1, 0.15) is 22.7 Å². The Balaban J connectivity index is 2.33. The van der Waals surface area contributed by atoms with Crippen molar-refractivity contribution in [3.8, 4) is 22.6 Å². The smallest absolute Gasteiger partial charge is 0.168 e. The lowest BCUT2D eigenvalue weighted by Gasteiger charge is -2.11. The lowest BCUT2D eigenvalue weighted by Crippen LogP contribution is -1.95. The van der Waals surface area contributed by atoms with E-state index in [1.54, 1.807) is 25.9 Å². The van der Waals surface area contributed by atoms with Crippen LogP contribution < -0.4 is 9.47 Å². The Labute approximate surface area is 128 Å². The number of rotatable bonds is 4. The fraction of sp³-hybridized carbons (Fsp3) is 0.176. The Kier molecular flexibility index (Phi) is 3.55. The fourth-order valence-electron chi connectivity index (χ4n) is 2.62. The minimum Gasteiger partial charge on any atom is -0.497 e. The zero-order valence-electron chi connectivity index (χ0n) is 12.7. The van der Waals surface area contributed by atoms with E-state index in [1.165, 1.54) is 0 Å². The van der Waals surface area contributed by atoms with Crippen molar-refractivity contribution in [1.29, 1.82) is 0 Å². The summed E-state index contributed by atoms with van der Waals surface area (Å²) in [6.07, 6.45) is 0.821.